The largest absolute Gasteiger partial charge is 0.494 e. The number of nitrogens with one attached hydrogen (secondary N) is 1. The van der Waals surface area contributed by atoms with E-state index in [2.05, 4.69) is 50.4 Å². The zero-order valence-corrected chi connectivity index (χ0v) is 13.9. The van der Waals surface area contributed by atoms with Gasteiger partial charge in [0.1, 0.15) is 5.75 Å². The van der Waals surface area contributed by atoms with Crippen LogP contribution in [-0.4, -0.2) is 13.2 Å². The van der Waals surface area contributed by atoms with Gasteiger partial charge in [-0.1, -0.05) is 38.8 Å². The van der Waals surface area contributed by atoms with Crippen LogP contribution in [0.3, 0.4) is 0 Å². The maximum atomic E-state index is 5.64. The van der Waals surface area contributed by atoms with Crippen molar-refractivity contribution in [2.75, 3.05) is 13.2 Å². The average Bonchev–Trinajstić information content (AvgIpc) is 2.51. The molecule has 1 aromatic carbocycles. The van der Waals surface area contributed by atoms with E-state index in [1.165, 1.54) is 31.2 Å². The molecule has 1 N–H and O–H groups in total. The molecule has 21 heavy (non-hydrogen) atoms. The summed E-state index contributed by atoms with van der Waals surface area (Å²) in [5, 5.41) is 3.71. The van der Waals surface area contributed by atoms with E-state index in [1.54, 1.807) is 0 Å². The summed E-state index contributed by atoms with van der Waals surface area (Å²) in [6.45, 7) is 8.73. The van der Waals surface area contributed by atoms with Gasteiger partial charge in [0, 0.05) is 6.04 Å². The van der Waals surface area contributed by atoms with Gasteiger partial charge in [-0.05, 0) is 62.3 Å². The first-order valence-electron chi connectivity index (χ1n) is 8.65. The lowest BCUT2D eigenvalue weighted by molar-refractivity contribution is 0.268. The van der Waals surface area contributed by atoms with Crippen molar-refractivity contribution in [3.63, 3.8) is 0 Å². The predicted molar refractivity (Wildman–Crippen MR) is 89.8 cm³/mol. The summed E-state index contributed by atoms with van der Waals surface area (Å²) < 4.78 is 5.64. The standard InChI is InChI=1S/C19H31NO/c1-4-12-21-19-10-8-18(9-11-19)16(3)20-14-17-7-5-6-15(2)13-17/h8-11,15-17,20H,4-7,12-14H2,1-3H3. The number of hydrogen-bond donors (Lipinski definition) is 1. The van der Waals surface area contributed by atoms with Crippen LogP contribution in [0.25, 0.3) is 0 Å². The number of benzene rings is 1. The normalized spacial score (nSPS) is 23.8. The lowest BCUT2D eigenvalue weighted by Gasteiger charge is -2.28. The van der Waals surface area contributed by atoms with Gasteiger partial charge < -0.3 is 10.1 Å². The molecule has 0 amide bonds. The third-order valence-corrected chi connectivity index (χ3v) is 4.61. The first-order chi connectivity index (χ1) is 10.2. The summed E-state index contributed by atoms with van der Waals surface area (Å²) in [6, 6.07) is 8.97. The summed E-state index contributed by atoms with van der Waals surface area (Å²) >= 11 is 0. The molecule has 0 aromatic heterocycles. The first kappa shape index (κ1) is 16.4. The van der Waals surface area contributed by atoms with Crippen LogP contribution in [0.2, 0.25) is 0 Å². The molecule has 0 bridgehead atoms. The number of rotatable bonds is 7. The monoisotopic (exact) mass is 289 g/mol. The maximum Gasteiger partial charge on any atom is 0.119 e. The van der Waals surface area contributed by atoms with E-state index in [4.69, 9.17) is 4.74 Å². The van der Waals surface area contributed by atoms with Gasteiger partial charge in [0.25, 0.3) is 0 Å². The Bertz CT molecular complexity index is 401. The maximum absolute atomic E-state index is 5.64. The van der Waals surface area contributed by atoms with Gasteiger partial charge in [0.05, 0.1) is 6.61 Å². The molecule has 2 rings (SSSR count). The van der Waals surface area contributed by atoms with Gasteiger partial charge in [-0.3, -0.25) is 0 Å². The van der Waals surface area contributed by atoms with Crippen molar-refractivity contribution in [1.82, 2.24) is 5.32 Å². The lowest BCUT2D eigenvalue weighted by Crippen LogP contribution is -2.28. The fourth-order valence-corrected chi connectivity index (χ4v) is 3.28. The molecule has 1 aliphatic rings. The summed E-state index contributed by atoms with van der Waals surface area (Å²) in [5.41, 5.74) is 1.35. The Labute approximate surface area is 130 Å². The number of hydrogen-bond acceptors (Lipinski definition) is 2. The third kappa shape index (κ3) is 5.35. The van der Waals surface area contributed by atoms with Gasteiger partial charge in [0.2, 0.25) is 0 Å². The number of ether oxygens (including phenoxy) is 1. The highest BCUT2D eigenvalue weighted by Crippen LogP contribution is 2.28. The topological polar surface area (TPSA) is 21.3 Å². The van der Waals surface area contributed by atoms with Gasteiger partial charge in [-0.2, -0.15) is 0 Å². The van der Waals surface area contributed by atoms with Crippen LogP contribution < -0.4 is 10.1 Å². The Kier molecular flexibility index (Phi) is 6.56. The summed E-state index contributed by atoms with van der Waals surface area (Å²) in [5.74, 6) is 2.76. The second-order valence-corrected chi connectivity index (χ2v) is 6.69. The molecular formula is C19H31NO. The van der Waals surface area contributed by atoms with E-state index < -0.39 is 0 Å². The highest BCUT2D eigenvalue weighted by atomic mass is 16.5. The van der Waals surface area contributed by atoms with Crippen molar-refractivity contribution >= 4 is 0 Å². The van der Waals surface area contributed by atoms with Crippen LogP contribution in [0.1, 0.15) is 64.5 Å². The molecule has 1 saturated carbocycles. The van der Waals surface area contributed by atoms with E-state index in [0.29, 0.717) is 6.04 Å². The average molecular weight is 289 g/mol. The molecule has 118 valence electrons. The van der Waals surface area contributed by atoms with Crippen LogP contribution in [0.15, 0.2) is 24.3 Å². The Morgan fingerprint density at radius 2 is 2.00 bits per heavy atom. The molecule has 1 fully saturated rings. The molecule has 0 spiro atoms. The second-order valence-electron chi connectivity index (χ2n) is 6.69. The van der Waals surface area contributed by atoms with E-state index >= 15 is 0 Å². The molecule has 2 heteroatoms. The smallest absolute Gasteiger partial charge is 0.119 e. The summed E-state index contributed by atoms with van der Waals surface area (Å²) in [7, 11) is 0. The minimum atomic E-state index is 0.419. The zero-order chi connectivity index (χ0) is 15.1. The molecule has 0 aliphatic heterocycles. The van der Waals surface area contributed by atoms with Crippen molar-refractivity contribution < 1.29 is 4.74 Å². The molecule has 0 saturated heterocycles. The van der Waals surface area contributed by atoms with Crippen molar-refractivity contribution in [3.8, 4) is 5.75 Å². The Hall–Kier alpha value is -1.02. The summed E-state index contributed by atoms with van der Waals surface area (Å²) in [6.07, 6.45) is 6.67. The lowest BCUT2D eigenvalue weighted by atomic mass is 9.82. The molecule has 0 heterocycles. The first-order valence-corrected chi connectivity index (χ1v) is 8.65. The molecule has 3 atom stereocenters. The highest BCUT2D eigenvalue weighted by molar-refractivity contribution is 5.28. The van der Waals surface area contributed by atoms with E-state index in [-0.39, 0.29) is 0 Å². The van der Waals surface area contributed by atoms with Crippen LogP contribution in [0, 0.1) is 11.8 Å². The highest BCUT2D eigenvalue weighted by Gasteiger charge is 2.19. The van der Waals surface area contributed by atoms with Gasteiger partial charge in [0.15, 0.2) is 0 Å². The van der Waals surface area contributed by atoms with Crippen molar-refractivity contribution in [3.05, 3.63) is 29.8 Å². The Morgan fingerprint density at radius 1 is 1.24 bits per heavy atom. The fraction of sp³-hybridized carbons (Fsp3) is 0.684. The molecule has 2 nitrogen and oxygen atoms in total. The van der Waals surface area contributed by atoms with Crippen LogP contribution in [0.4, 0.5) is 0 Å². The second kappa shape index (κ2) is 8.43. The molecule has 1 aromatic rings. The van der Waals surface area contributed by atoms with Gasteiger partial charge in [-0.25, -0.2) is 0 Å². The van der Waals surface area contributed by atoms with E-state index in [9.17, 15) is 0 Å². The molecule has 0 radical (unpaired) electrons. The Balaban J connectivity index is 1.78. The van der Waals surface area contributed by atoms with Crippen LogP contribution >= 0.6 is 0 Å². The summed E-state index contributed by atoms with van der Waals surface area (Å²) in [4.78, 5) is 0. The third-order valence-electron chi connectivity index (χ3n) is 4.61. The quantitative estimate of drug-likeness (QED) is 0.766. The van der Waals surface area contributed by atoms with Crippen LogP contribution in [-0.2, 0) is 0 Å². The van der Waals surface area contributed by atoms with Crippen molar-refractivity contribution in [1.29, 1.82) is 0 Å². The minimum absolute atomic E-state index is 0.419. The van der Waals surface area contributed by atoms with Crippen LogP contribution in [0.5, 0.6) is 5.75 Å². The van der Waals surface area contributed by atoms with Crippen molar-refractivity contribution in [2.45, 2.75) is 58.9 Å². The molecule has 1 aliphatic carbocycles. The molecule has 3 unspecified atom stereocenters. The van der Waals surface area contributed by atoms with Gasteiger partial charge >= 0.3 is 0 Å². The Morgan fingerprint density at radius 3 is 2.67 bits per heavy atom. The fourth-order valence-electron chi connectivity index (χ4n) is 3.28. The van der Waals surface area contributed by atoms with Crippen molar-refractivity contribution in [2.24, 2.45) is 11.8 Å². The SMILES string of the molecule is CCCOc1ccc(C(C)NCC2CCCC(C)C2)cc1. The zero-order valence-electron chi connectivity index (χ0n) is 13.9. The van der Waals surface area contributed by atoms with E-state index in [1.807, 2.05) is 0 Å². The van der Waals surface area contributed by atoms with E-state index in [0.717, 1.165) is 37.2 Å². The van der Waals surface area contributed by atoms with Gasteiger partial charge in [-0.15, -0.1) is 0 Å². The predicted octanol–water partition coefficient (Wildman–Crippen LogP) is 4.95. The molecular weight excluding hydrogens is 258 g/mol. The minimum Gasteiger partial charge on any atom is -0.494 e.